The Morgan fingerprint density at radius 3 is 1.36 bits per heavy atom. The Morgan fingerprint density at radius 2 is 0.922 bits per heavy atom. The van der Waals surface area contributed by atoms with Gasteiger partial charge in [0, 0.05) is 165 Å². The molecule has 2 fully saturated rings. The number of aromatic amines is 4. The van der Waals surface area contributed by atoms with Crippen LogP contribution in [0.25, 0.3) is 55.0 Å². The van der Waals surface area contributed by atoms with Crippen molar-refractivity contribution in [1.82, 2.24) is 90.4 Å². The fraction of sp³-hybridized carbons (Fsp3) is 0.235. The summed E-state index contributed by atoms with van der Waals surface area (Å²) in [5.74, 6) is -3.86. The van der Waals surface area contributed by atoms with Crippen LogP contribution in [0.4, 0.5) is 68.0 Å². The lowest BCUT2D eigenvalue weighted by molar-refractivity contribution is 0.0798. The second-order valence-electron chi connectivity index (χ2n) is 27.2. The van der Waals surface area contributed by atoms with E-state index >= 15 is 22.0 Å². The number of nitrogens with one attached hydrogen (secondary N) is 9. The lowest BCUT2D eigenvalue weighted by atomic mass is 10.1. The minimum Gasteiger partial charge on any atom is -0.435 e. The van der Waals surface area contributed by atoms with E-state index in [0.717, 1.165) is 98.3 Å². The molecule has 8 aromatic heterocycles. The summed E-state index contributed by atoms with van der Waals surface area (Å²) in [6.07, 6.45) is 6.90. The van der Waals surface area contributed by atoms with Crippen molar-refractivity contribution in [1.29, 1.82) is 0 Å². The first-order valence-corrected chi connectivity index (χ1v) is 36.8. The zero-order chi connectivity index (χ0) is 80.7. The number of H-pyrrole nitrogens is 4. The summed E-state index contributed by atoms with van der Waals surface area (Å²) in [6.45, 7) is 17.3. The van der Waals surface area contributed by atoms with Gasteiger partial charge in [-0.3, -0.25) is 29.5 Å². The number of anilines is 8. The fourth-order valence-corrected chi connectivity index (χ4v) is 13.3. The Balaban J connectivity index is 0.000000143. The van der Waals surface area contributed by atoms with Gasteiger partial charge >= 0.3 is 0 Å². The smallest absolute Gasteiger partial charge is 0.262 e. The Morgan fingerprint density at radius 1 is 0.487 bits per heavy atom. The van der Waals surface area contributed by atoms with Gasteiger partial charge in [0.25, 0.3) is 17.7 Å². The molecule has 6 aromatic carbocycles. The van der Waals surface area contributed by atoms with Gasteiger partial charge in [0.2, 0.25) is 17.6 Å². The molecular weight excluding hydrogens is 1490 g/mol. The molecule has 16 rings (SSSR count). The summed E-state index contributed by atoms with van der Waals surface area (Å²) in [5, 5.41) is 22.5. The summed E-state index contributed by atoms with van der Waals surface area (Å²) >= 11 is 0. The van der Waals surface area contributed by atoms with Crippen molar-refractivity contribution in [3.8, 4) is 46.1 Å². The summed E-state index contributed by atoms with van der Waals surface area (Å²) in [5.41, 5.74) is 9.20. The third-order valence-electron chi connectivity index (χ3n) is 19.5. The fourth-order valence-electron chi connectivity index (χ4n) is 13.3. The van der Waals surface area contributed by atoms with Crippen LogP contribution in [0.1, 0.15) is 62.0 Å². The number of ether oxygens (including phenoxy) is 3. The number of aryl methyl sites for hydroxylation is 3. The van der Waals surface area contributed by atoms with E-state index in [0.29, 0.717) is 67.8 Å². The van der Waals surface area contributed by atoms with Gasteiger partial charge in [0.1, 0.15) is 47.3 Å². The van der Waals surface area contributed by atoms with E-state index in [4.69, 9.17) is 14.2 Å². The number of aromatic nitrogens is 13. The molecule has 0 bridgehead atoms. The number of carbonyl (C=O) groups is 3. The van der Waals surface area contributed by atoms with E-state index < -0.39 is 41.0 Å². The quantitative estimate of drug-likeness (QED) is 0.0320. The highest BCUT2D eigenvalue weighted by atomic mass is 19.1. The Labute approximate surface area is 655 Å². The normalized spacial score (nSPS) is 13.1. The maximum atomic E-state index is 15.3. The molecule has 9 N–H and O–H groups in total. The van der Waals surface area contributed by atoms with Crippen molar-refractivity contribution in [3.05, 3.63) is 209 Å². The average Bonchev–Trinajstić information content (AvgIpc) is 1.80. The highest BCUT2D eigenvalue weighted by Crippen LogP contribution is 2.39. The van der Waals surface area contributed by atoms with Crippen LogP contribution >= 0.6 is 0 Å². The molecule has 0 unspecified atom stereocenters. The number of likely N-dealkylation sites (N-methyl/N-ethyl adjacent to an activating group) is 2. The van der Waals surface area contributed by atoms with Gasteiger partial charge in [0.15, 0.2) is 58.0 Å². The van der Waals surface area contributed by atoms with Crippen molar-refractivity contribution < 1.29 is 50.5 Å². The SMILES string of the molecule is CCN(C)C(=O)c1c(Nc2cc(-c3ccc4nccnc4c3)[nH]n2)ncnc1Oc1ccc2[nH]c(C)cc2c1F.CCN1CCN(c2ccc(Nc3ncnc(Oc4ccc5[nH]c(C)cc5c4F)c3C(=O)NC)cc2F)CC1.CNC(=O)c1c(Nc2ccc(N3CCN(C)CC3)c(F)c2)ncnc1Oc1ccc2[nH]c(C)cc2c1F. The maximum Gasteiger partial charge on any atom is 0.262 e. The molecular formula is C81H80F5N23O6. The highest BCUT2D eigenvalue weighted by molar-refractivity contribution is 6.03. The second kappa shape index (κ2) is 34.0. The van der Waals surface area contributed by atoms with Crippen LogP contribution in [0.15, 0.2) is 147 Å². The number of amides is 3. The lowest BCUT2D eigenvalue weighted by Crippen LogP contribution is -2.46. The summed E-state index contributed by atoms with van der Waals surface area (Å²) in [6, 6.07) is 31.6. The number of carbonyl (C=O) groups excluding carboxylic acids is 3. The minimum atomic E-state index is -0.584. The van der Waals surface area contributed by atoms with Crippen LogP contribution in [0, 0.1) is 49.9 Å². The minimum absolute atomic E-state index is 0.0417. The molecule has 0 saturated carbocycles. The van der Waals surface area contributed by atoms with Gasteiger partial charge in [-0.05, 0) is 144 Å². The average molecular weight is 1570 g/mol. The molecule has 0 spiro atoms. The van der Waals surface area contributed by atoms with Crippen LogP contribution in [-0.4, -0.2) is 191 Å². The predicted molar refractivity (Wildman–Crippen MR) is 429 cm³/mol. The number of piperazine rings is 2. The number of hydrogen-bond acceptors (Lipinski definition) is 22. The van der Waals surface area contributed by atoms with E-state index in [2.05, 4.69) is 108 Å². The van der Waals surface area contributed by atoms with Crippen LogP contribution in [0.3, 0.4) is 0 Å². The van der Waals surface area contributed by atoms with Crippen molar-refractivity contribution in [2.24, 2.45) is 0 Å². The highest BCUT2D eigenvalue weighted by Gasteiger charge is 2.30. The number of fused-ring (bicyclic) bond motifs is 4. The molecule has 0 aliphatic carbocycles. The third kappa shape index (κ3) is 17.0. The van der Waals surface area contributed by atoms with Crippen LogP contribution < -0.4 is 50.6 Å². The molecule has 34 heteroatoms. The summed E-state index contributed by atoms with van der Waals surface area (Å²) in [4.78, 5) is 91.9. The Bertz CT molecular complexity index is 5960. The van der Waals surface area contributed by atoms with Gasteiger partial charge in [-0.25, -0.2) is 51.9 Å². The van der Waals surface area contributed by atoms with Crippen molar-refractivity contribution in [2.75, 3.05) is 119 Å². The van der Waals surface area contributed by atoms with Gasteiger partial charge in [0.05, 0.1) is 28.1 Å². The zero-order valence-electron chi connectivity index (χ0n) is 64.0. The maximum absolute atomic E-state index is 15.3. The second-order valence-corrected chi connectivity index (χ2v) is 27.2. The van der Waals surface area contributed by atoms with Crippen molar-refractivity contribution in [2.45, 2.75) is 34.6 Å². The van der Waals surface area contributed by atoms with Gasteiger partial charge in [-0.15, -0.1) is 0 Å². The molecule has 2 aliphatic heterocycles. The van der Waals surface area contributed by atoms with Crippen molar-refractivity contribution in [3.63, 3.8) is 0 Å². The molecule has 3 amide bonds. The van der Waals surface area contributed by atoms with E-state index in [1.807, 2.05) is 62.7 Å². The van der Waals surface area contributed by atoms with Gasteiger partial charge in [-0.1, -0.05) is 13.0 Å². The molecule has 29 nitrogen and oxygen atoms in total. The van der Waals surface area contributed by atoms with E-state index in [9.17, 15) is 14.4 Å². The topological polar surface area (TPSA) is 334 Å². The number of hydrogen-bond donors (Lipinski definition) is 9. The monoisotopic (exact) mass is 1570 g/mol. The standard InChI is InChI=1S/C28H24FN9O2.C27H29F2N7O2.C26H27F2N7O2/c1-4-38(3)28(39)24-26(32-14-33-27(24)40-22-8-7-18-17(25(22)29)11-15(2)34-18)35-23-13-20(36-37-23)16-5-6-19-21(12-16)31-10-9-30-19;1-4-35-9-11-36(12-10-35)21-7-5-17(14-19(21)28)34-25-23(26(37)30-3)27(32-15-31-25)38-22-8-6-20-18(24(22)29)13-16(2)33-20;1-15-12-17-19(32-15)5-7-21(23(17)28)37-26-22(25(36)29-2)24(30-14-31-26)33-16-4-6-20(18(27)13-16)35-10-8-34(3)9-11-35/h5-14,34H,4H2,1-3H3,(H2,32,33,35,36,37);5-8,13-15,33H,4,9-12H2,1-3H3,(H,30,37)(H,31,32,34);4-7,12-14,32H,8-11H2,1-3H3,(H,29,36)(H,30,31,33). The molecule has 0 atom stereocenters. The third-order valence-corrected chi connectivity index (χ3v) is 19.5. The number of halogens is 5. The zero-order valence-corrected chi connectivity index (χ0v) is 64.0. The molecule has 10 heterocycles. The Kier molecular flexibility index (Phi) is 23.0. The van der Waals surface area contributed by atoms with Crippen molar-refractivity contribution >= 4 is 107 Å². The predicted octanol–water partition coefficient (Wildman–Crippen LogP) is 14.1. The number of benzene rings is 6. The number of rotatable bonds is 20. The van der Waals surface area contributed by atoms with Crippen LogP contribution in [0.5, 0.6) is 34.9 Å². The molecule has 0 radical (unpaired) electrons. The van der Waals surface area contributed by atoms with Crippen LogP contribution in [-0.2, 0) is 0 Å². The van der Waals surface area contributed by atoms with Gasteiger partial charge < -0.3 is 80.2 Å². The molecule has 2 saturated heterocycles. The molecule has 14 aromatic rings. The number of nitrogens with zero attached hydrogens (tertiary/aromatic N) is 14. The summed E-state index contributed by atoms with van der Waals surface area (Å²) < 4.78 is 93.2. The Hall–Kier alpha value is -13.9. The van der Waals surface area contributed by atoms with E-state index in [-0.39, 0.29) is 74.8 Å². The molecule has 590 valence electrons. The largest absolute Gasteiger partial charge is 0.435 e. The first kappa shape index (κ1) is 77.8. The van der Waals surface area contributed by atoms with E-state index in [1.165, 1.54) is 68.3 Å². The van der Waals surface area contributed by atoms with E-state index in [1.54, 1.807) is 86.2 Å². The van der Waals surface area contributed by atoms with Gasteiger partial charge in [-0.2, -0.15) is 5.10 Å². The lowest BCUT2D eigenvalue weighted by Gasteiger charge is -2.35. The van der Waals surface area contributed by atoms with Crippen LogP contribution in [0.2, 0.25) is 0 Å². The molecule has 2 aliphatic rings. The molecule has 115 heavy (non-hydrogen) atoms. The first-order valence-electron chi connectivity index (χ1n) is 36.8. The summed E-state index contributed by atoms with van der Waals surface area (Å²) in [7, 11) is 6.58. The first-order chi connectivity index (χ1) is 55.6.